The molecule has 3 atom stereocenters. The predicted octanol–water partition coefficient (Wildman–Crippen LogP) is 6.54. The molecule has 1 heterocycles. The maximum absolute atomic E-state index is 12.6. The first-order valence-electron chi connectivity index (χ1n) is 10.8. The first-order valence-corrected chi connectivity index (χ1v) is 10.8. The van der Waals surface area contributed by atoms with Crippen LogP contribution in [0.5, 0.6) is 5.75 Å². The van der Waals surface area contributed by atoms with Gasteiger partial charge in [-0.1, -0.05) is 57.9 Å². The monoisotopic (exact) mass is 414 g/mol. The Morgan fingerprint density at radius 2 is 1.67 bits per heavy atom. The van der Waals surface area contributed by atoms with Crippen molar-refractivity contribution < 1.29 is 14.3 Å². The number of rotatable bonds is 9. The lowest BCUT2D eigenvalue weighted by atomic mass is 9.88. The molecule has 0 spiro atoms. The minimum absolute atomic E-state index is 0.0208. The van der Waals surface area contributed by atoms with Crippen LogP contribution in [0.15, 0.2) is 38.6 Å². The van der Waals surface area contributed by atoms with Crippen molar-refractivity contribution in [3.05, 3.63) is 56.7 Å². The van der Waals surface area contributed by atoms with Gasteiger partial charge in [-0.15, -0.1) is 0 Å². The Balaban J connectivity index is 3.02. The zero-order valence-corrected chi connectivity index (χ0v) is 20.1. The van der Waals surface area contributed by atoms with Gasteiger partial charge >= 0.3 is 5.63 Å². The fourth-order valence-electron chi connectivity index (χ4n) is 3.77. The Bertz CT molecular complexity index is 912. The summed E-state index contributed by atoms with van der Waals surface area (Å²) in [5.74, 6) is 1.27. The van der Waals surface area contributed by atoms with Gasteiger partial charge in [0.05, 0.1) is 5.56 Å². The van der Waals surface area contributed by atoms with E-state index < -0.39 is 5.63 Å². The SMILES string of the molecule is CCC(C)CC(C)C(=O)C(C)=CC(C)C=C(C)C=C(C)c1oc(=O)c(C)c(O)c1C. The zero-order valence-electron chi connectivity index (χ0n) is 20.1. The van der Waals surface area contributed by atoms with Crippen molar-refractivity contribution in [3.8, 4) is 5.75 Å². The highest BCUT2D eigenvalue weighted by molar-refractivity contribution is 5.96. The summed E-state index contributed by atoms with van der Waals surface area (Å²) < 4.78 is 5.38. The Morgan fingerprint density at radius 3 is 2.23 bits per heavy atom. The van der Waals surface area contributed by atoms with Crippen LogP contribution in [0.2, 0.25) is 0 Å². The van der Waals surface area contributed by atoms with Crippen LogP contribution in [-0.2, 0) is 4.79 Å². The maximum Gasteiger partial charge on any atom is 0.342 e. The molecule has 1 aromatic heterocycles. The van der Waals surface area contributed by atoms with E-state index in [-0.39, 0.29) is 28.9 Å². The number of hydrogen-bond acceptors (Lipinski definition) is 4. The van der Waals surface area contributed by atoms with E-state index in [1.54, 1.807) is 13.8 Å². The molecule has 0 saturated heterocycles. The van der Waals surface area contributed by atoms with E-state index in [9.17, 15) is 14.7 Å². The molecule has 0 radical (unpaired) electrons. The standard InChI is InChI=1S/C26H38O4/c1-10-15(2)12-18(5)23(27)19(6)13-16(3)11-17(4)14-20(7)25-21(8)24(28)22(9)26(29)30-25/h11,13-16,18,28H,10,12H2,1-9H3. The smallest absolute Gasteiger partial charge is 0.342 e. The van der Waals surface area contributed by atoms with Crippen LogP contribution in [0.1, 0.15) is 78.2 Å². The van der Waals surface area contributed by atoms with Gasteiger partial charge in [-0.05, 0) is 64.0 Å². The second-order valence-electron chi connectivity index (χ2n) is 8.78. The maximum atomic E-state index is 12.6. The Kier molecular flexibility index (Phi) is 9.54. The largest absolute Gasteiger partial charge is 0.507 e. The topological polar surface area (TPSA) is 67.5 Å². The number of hydrogen-bond donors (Lipinski definition) is 1. The van der Waals surface area contributed by atoms with Crippen molar-refractivity contribution in [1.82, 2.24) is 0 Å². The lowest BCUT2D eigenvalue weighted by Crippen LogP contribution is -2.15. The molecule has 1 aromatic rings. The van der Waals surface area contributed by atoms with E-state index in [1.807, 2.05) is 46.8 Å². The summed E-state index contributed by atoms with van der Waals surface area (Å²) in [5, 5.41) is 10.1. The third-order valence-electron chi connectivity index (χ3n) is 5.68. The van der Waals surface area contributed by atoms with Crippen LogP contribution >= 0.6 is 0 Å². The van der Waals surface area contributed by atoms with Crippen LogP contribution in [0.3, 0.4) is 0 Å². The van der Waals surface area contributed by atoms with Crippen molar-refractivity contribution in [2.75, 3.05) is 0 Å². The van der Waals surface area contributed by atoms with Gasteiger partial charge in [0.15, 0.2) is 5.78 Å². The van der Waals surface area contributed by atoms with E-state index in [2.05, 4.69) is 19.9 Å². The van der Waals surface area contributed by atoms with Gasteiger partial charge in [0, 0.05) is 11.5 Å². The molecule has 0 aliphatic rings. The van der Waals surface area contributed by atoms with Crippen LogP contribution in [0, 0.1) is 31.6 Å². The van der Waals surface area contributed by atoms with Crippen molar-refractivity contribution >= 4 is 11.4 Å². The molecule has 0 saturated carbocycles. The van der Waals surface area contributed by atoms with Crippen LogP contribution in [-0.4, -0.2) is 10.9 Å². The van der Waals surface area contributed by atoms with Gasteiger partial charge in [0.25, 0.3) is 0 Å². The van der Waals surface area contributed by atoms with Gasteiger partial charge in [-0.25, -0.2) is 4.79 Å². The number of carbonyl (C=O) groups excluding carboxylic acids is 1. The highest BCUT2D eigenvalue weighted by atomic mass is 16.4. The fraction of sp³-hybridized carbons (Fsp3) is 0.538. The zero-order chi connectivity index (χ0) is 23.2. The summed E-state index contributed by atoms with van der Waals surface area (Å²) in [6, 6.07) is 0. The van der Waals surface area contributed by atoms with Crippen molar-refractivity contribution in [2.45, 2.75) is 75.2 Å². The lowest BCUT2D eigenvalue weighted by Gasteiger charge is -2.15. The molecule has 166 valence electrons. The Morgan fingerprint density at radius 1 is 1.07 bits per heavy atom. The van der Waals surface area contributed by atoms with Gasteiger partial charge in [-0.3, -0.25) is 4.79 Å². The second kappa shape index (κ2) is 11.1. The molecule has 0 aliphatic heterocycles. The number of Topliss-reactive ketones (excluding diaryl/α,β-unsaturated/α-hetero) is 1. The normalized spacial score (nSPS) is 16.4. The molecule has 0 aliphatic carbocycles. The highest BCUT2D eigenvalue weighted by Gasteiger charge is 2.17. The molecule has 30 heavy (non-hydrogen) atoms. The van der Waals surface area contributed by atoms with Crippen LogP contribution in [0.25, 0.3) is 5.57 Å². The molecular formula is C26H38O4. The lowest BCUT2D eigenvalue weighted by molar-refractivity contribution is -0.119. The average molecular weight is 415 g/mol. The molecule has 0 fully saturated rings. The van der Waals surface area contributed by atoms with Gasteiger partial charge in [-0.2, -0.15) is 0 Å². The third kappa shape index (κ3) is 6.86. The number of carbonyl (C=O) groups is 1. The quantitative estimate of drug-likeness (QED) is 0.368. The first-order chi connectivity index (χ1) is 13.9. The fourth-order valence-corrected chi connectivity index (χ4v) is 3.77. The summed E-state index contributed by atoms with van der Waals surface area (Å²) in [7, 11) is 0. The molecule has 0 aromatic carbocycles. The van der Waals surface area contributed by atoms with E-state index >= 15 is 0 Å². The minimum Gasteiger partial charge on any atom is -0.507 e. The van der Waals surface area contributed by atoms with Crippen molar-refractivity contribution in [3.63, 3.8) is 0 Å². The van der Waals surface area contributed by atoms with Crippen LogP contribution in [0.4, 0.5) is 0 Å². The molecule has 4 nitrogen and oxygen atoms in total. The Labute approximate surface area is 181 Å². The van der Waals surface area contributed by atoms with Crippen LogP contribution < -0.4 is 5.63 Å². The molecular weight excluding hydrogens is 376 g/mol. The van der Waals surface area contributed by atoms with E-state index in [0.29, 0.717) is 17.2 Å². The number of ketones is 1. The molecule has 0 amide bonds. The minimum atomic E-state index is -0.528. The van der Waals surface area contributed by atoms with Gasteiger partial charge in [0.1, 0.15) is 11.5 Å². The molecule has 0 bridgehead atoms. The second-order valence-corrected chi connectivity index (χ2v) is 8.78. The third-order valence-corrected chi connectivity index (χ3v) is 5.68. The van der Waals surface area contributed by atoms with E-state index in [1.165, 1.54) is 0 Å². The molecule has 1 rings (SSSR count). The summed E-state index contributed by atoms with van der Waals surface area (Å²) in [6.45, 7) is 17.4. The molecule has 4 heteroatoms. The number of allylic oxidation sites excluding steroid dienone is 6. The van der Waals surface area contributed by atoms with Gasteiger partial charge < -0.3 is 9.52 Å². The first kappa shape index (κ1) is 25.7. The highest BCUT2D eigenvalue weighted by Crippen LogP contribution is 2.27. The average Bonchev–Trinajstić information content (AvgIpc) is 2.67. The van der Waals surface area contributed by atoms with E-state index in [0.717, 1.165) is 29.6 Å². The molecule has 1 N–H and O–H groups in total. The summed E-state index contributed by atoms with van der Waals surface area (Å²) >= 11 is 0. The van der Waals surface area contributed by atoms with E-state index in [4.69, 9.17) is 4.42 Å². The van der Waals surface area contributed by atoms with Crippen molar-refractivity contribution in [1.29, 1.82) is 0 Å². The summed E-state index contributed by atoms with van der Waals surface area (Å²) in [4.78, 5) is 24.5. The van der Waals surface area contributed by atoms with Gasteiger partial charge in [0.2, 0.25) is 0 Å². The Hall–Kier alpha value is -2.36. The van der Waals surface area contributed by atoms with Crippen molar-refractivity contribution in [2.24, 2.45) is 17.8 Å². The predicted molar refractivity (Wildman–Crippen MR) is 125 cm³/mol. The number of aromatic hydroxyl groups is 1. The molecule has 3 unspecified atom stereocenters. The summed E-state index contributed by atoms with van der Waals surface area (Å²) in [5.41, 5.74) is 2.80. The summed E-state index contributed by atoms with van der Waals surface area (Å²) in [6.07, 6.45) is 8.00.